The van der Waals surface area contributed by atoms with Crippen LogP contribution in [0.3, 0.4) is 0 Å². The quantitative estimate of drug-likeness (QED) is 0.679. The van der Waals surface area contributed by atoms with E-state index in [9.17, 15) is 9.90 Å². The number of carbonyl (C=O) groups is 1. The second-order valence-electron chi connectivity index (χ2n) is 5.23. The molecule has 0 unspecified atom stereocenters. The van der Waals surface area contributed by atoms with Crippen LogP contribution in [-0.2, 0) is 6.42 Å². The summed E-state index contributed by atoms with van der Waals surface area (Å²) in [6.45, 7) is 2.06. The van der Waals surface area contributed by atoms with Crippen LogP contribution in [0.1, 0.15) is 29.5 Å². The minimum Gasteiger partial charge on any atom is -0.508 e. The number of halogens is 1. The number of hydrogen-bond acceptors (Lipinski definition) is 3. The summed E-state index contributed by atoms with van der Waals surface area (Å²) in [6.07, 6.45) is 3.48. The van der Waals surface area contributed by atoms with Gasteiger partial charge in [-0.25, -0.2) is 4.98 Å². The predicted octanol–water partition coefficient (Wildman–Crippen LogP) is 4.01. The molecule has 3 aromatic rings. The number of aromatic hydroxyl groups is 1. The Morgan fingerprint density at radius 2 is 2.00 bits per heavy atom. The average Bonchev–Trinajstić information content (AvgIpc) is 2.87. The summed E-state index contributed by atoms with van der Waals surface area (Å²) < 4.78 is 2.68. The number of carbonyl (C=O) groups excluding carboxylic acids is 1. The van der Waals surface area contributed by atoms with E-state index in [0.29, 0.717) is 11.4 Å². The van der Waals surface area contributed by atoms with Crippen LogP contribution in [0.2, 0.25) is 0 Å². The maximum absolute atomic E-state index is 12.7. The largest absolute Gasteiger partial charge is 0.508 e. The van der Waals surface area contributed by atoms with E-state index < -0.39 is 0 Å². The lowest BCUT2D eigenvalue weighted by Gasteiger charge is -2.07. The highest BCUT2D eigenvalue weighted by Gasteiger charge is 2.19. The van der Waals surface area contributed by atoms with E-state index in [4.69, 9.17) is 0 Å². The molecule has 0 spiro atoms. The van der Waals surface area contributed by atoms with Crippen LogP contribution in [0.5, 0.6) is 5.75 Å². The second-order valence-corrected chi connectivity index (χ2v) is 6.15. The fourth-order valence-electron chi connectivity index (χ4n) is 2.45. The van der Waals surface area contributed by atoms with E-state index in [0.717, 1.165) is 28.7 Å². The van der Waals surface area contributed by atoms with Crippen molar-refractivity contribution in [1.29, 1.82) is 0 Å². The standard InChI is InChI=1S/C17H16BrN3O2/c1-2-3-14-16(21-10-11(18)4-9-15(21)20-14)17(23)19-12-5-7-13(22)8-6-12/h4-10,22H,2-3H2,1H3,(H,19,23). The van der Waals surface area contributed by atoms with Crippen molar-refractivity contribution in [2.45, 2.75) is 19.8 Å². The minimum atomic E-state index is -0.218. The van der Waals surface area contributed by atoms with Gasteiger partial charge < -0.3 is 10.4 Å². The fraction of sp³-hybridized carbons (Fsp3) is 0.176. The van der Waals surface area contributed by atoms with Crippen molar-refractivity contribution in [3.8, 4) is 5.75 Å². The van der Waals surface area contributed by atoms with Gasteiger partial charge in [0.05, 0.1) is 5.69 Å². The first-order chi connectivity index (χ1) is 11.1. The number of imidazole rings is 1. The monoisotopic (exact) mass is 373 g/mol. The maximum Gasteiger partial charge on any atom is 0.274 e. The molecule has 0 aliphatic carbocycles. The lowest BCUT2D eigenvalue weighted by molar-refractivity contribution is 0.102. The first-order valence-corrected chi connectivity index (χ1v) is 8.14. The molecule has 1 amide bonds. The van der Waals surface area contributed by atoms with Crippen LogP contribution < -0.4 is 5.32 Å². The number of anilines is 1. The summed E-state index contributed by atoms with van der Waals surface area (Å²) in [7, 11) is 0. The normalized spacial score (nSPS) is 10.9. The molecule has 2 N–H and O–H groups in total. The molecular weight excluding hydrogens is 358 g/mol. The van der Waals surface area contributed by atoms with Gasteiger partial charge in [0.2, 0.25) is 0 Å². The van der Waals surface area contributed by atoms with Crippen molar-refractivity contribution in [1.82, 2.24) is 9.38 Å². The van der Waals surface area contributed by atoms with Gasteiger partial charge in [-0.1, -0.05) is 13.3 Å². The molecule has 3 rings (SSSR count). The van der Waals surface area contributed by atoms with Crippen LogP contribution in [0.4, 0.5) is 5.69 Å². The highest BCUT2D eigenvalue weighted by molar-refractivity contribution is 9.10. The van der Waals surface area contributed by atoms with Gasteiger partial charge in [-0.15, -0.1) is 0 Å². The number of benzene rings is 1. The maximum atomic E-state index is 12.7. The number of aromatic nitrogens is 2. The zero-order chi connectivity index (χ0) is 16.4. The Kier molecular flexibility index (Phi) is 4.34. The van der Waals surface area contributed by atoms with Gasteiger partial charge >= 0.3 is 0 Å². The molecule has 2 aromatic heterocycles. The molecule has 0 saturated heterocycles. The molecule has 0 bridgehead atoms. The van der Waals surface area contributed by atoms with Gasteiger partial charge in [-0.3, -0.25) is 9.20 Å². The fourth-order valence-corrected chi connectivity index (χ4v) is 2.79. The van der Waals surface area contributed by atoms with E-state index in [2.05, 4.69) is 33.2 Å². The molecule has 1 aromatic carbocycles. The number of aryl methyl sites for hydroxylation is 1. The number of fused-ring (bicyclic) bond motifs is 1. The van der Waals surface area contributed by atoms with Crippen LogP contribution in [-0.4, -0.2) is 20.4 Å². The molecular formula is C17H16BrN3O2. The number of rotatable bonds is 4. The van der Waals surface area contributed by atoms with Crippen molar-refractivity contribution in [2.24, 2.45) is 0 Å². The van der Waals surface area contributed by atoms with Crippen LogP contribution in [0.15, 0.2) is 47.1 Å². The predicted molar refractivity (Wildman–Crippen MR) is 92.9 cm³/mol. The third kappa shape index (κ3) is 3.22. The summed E-state index contributed by atoms with van der Waals surface area (Å²) in [5.41, 5.74) is 2.69. The Morgan fingerprint density at radius 1 is 1.26 bits per heavy atom. The molecule has 2 heterocycles. The first-order valence-electron chi connectivity index (χ1n) is 7.35. The van der Waals surface area contributed by atoms with Crippen molar-refractivity contribution in [3.63, 3.8) is 0 Å². The summed E-state index contributed by atoms with van der Waals surface area (Å²) >= 11 is 3.43. The average molecular weight is 374 g/mol. The summed E-state index contributed by atoms with van der Waals surface area (Å²) in [5, 5.41) is 12.2. The Balaban J connectivity index is 2.02. The summed E-state index contributed by atoms with van der Waals surface area (Å²) in [5.74, 6) is -0.0573. The van der Waals surface area contributed by atoms with Crippen molar-refractivity contribution < 1.29 is 9.90 Å². The molecule has 23 heavy (non-hydrogen) atoms. The number of nitrogens with zero attached hydrogens (tertiary/aromatic N) is 2. The van der Waals surface area contributed by atoms with E-state index in [1.54, 1.807) is 16.5 Å². The van der Waals surface area contributed by atoms with E-state index in [-0.39, 0.29) is 11.7 Å². The molecule has 0 radical (unpaired) electrons. The number of pyridine rings is 1. The molecule has 5 nitrogen and oxygen atoms in total. The zero-order valence-electron chi connectivity index (χ0n) is 12.6. The topological polar surface area (TPSA) is 66.6 Å². The van der Waals surface area contributed by atoms with E-state index in [1.807, 2.05) is 18.3 Å². The Labute approximate surface area is 142 Å². The lowest BCUT2D eigenvalue weighted by Crippen LogP contribution is -2.16. The van der Waals surface area contributed by atoms with Gasteiger partial charge in [0.15, 0.2) is 0 Å². The van der Waals surface area contributed by atoms with E-state index >= 15 is 0 Å². The molecule has 6 heteroatoms. The highest BCUT2D eigenvalue weighted by atomic mass is 79.9. The number of amides is 1. The Hall–Kier alpha value is -2.34. The summed E-state index contributed by atoms with van der Waals surface area (Å²) in [4.78, 5) is 17.3. The summed E-state index contributed by atoms with van der Waals surface area (Å²) in [6, 6.07) is 10.2. The van der Waals surface area contributed by atoms with Crippen molar-refractivity contribution in [2.75, 3.05) is 5.32 Å². The van der Waals surface area contributed by atoms with Crippen LogP contribution >= 0.6 is 15.9 Å². The van der Waals surface area contributed by atoms with Gasteiger partial charge in [-0.05, 0) is 58.7 Å². The highest BCUT2D eigenvalue weighted by Crippen LogP contribution is 2.20. The third-order valence-electron chi connectivity index (χ3n) is 3.48. The van der Waals surface area contributed by atoms with Gasteiger partial charge in [0, 0.05) is 16.4 Å². The van der Waals surface area contributed by atoms with E-state index in [1.165, 1.54) is 12.1 Å². The molecule has 0 fully saturated rings. The number of phenols is 1. The molecule has 0 saturated carbocycles. The number of nitrogens with one attached hydrogen (secondary N) is 1. The zero-order valence-corrected chi connectivity index (χ0v) is 14.2. The van der Waals surface area contributed by atoms with Gasteiger partial charge in [0.25, 0.3) is 5.91 Å². The van der Waals surface area contributed by atoms with Crippen LogP contribution in [0, 0.1) is 0 Å². The SMILES string of the molecule is CCCc1nc2ccc(Br)cn2c1C(=O)Nc1ccc(O)cc1. The number of hydrogen-bond donors (Lipinski definition) is 2. The van der Waals surface area contributed by atoms with Crippen molar-refractivity contribution >= 4 is 33.2 Å². The van der Waals surface area contributed by atoms with Crippen molar-refractivity contribution in [3.05, 3.63) is 58.5 Å². The molecule has 118 valence electrons. The second kappa shape index (κ2) is 6.42. The number of phenolic OH excluding ortho intramolecular Hbond substituents is 1. The minimum absolute atomic E-state index is 0.161. The Morgan fingerprint density at radius 3 is 2.70 bits per heavy atom. The smallest absolute Gasteiger partial charge is 0.274 e. The molecule has 0 aliphatic heterocycles. The molecule has 0 aliphatic rings. The van der Waals surface area contributed by atoms with Gasteiger partial charge in [0.1, 0.15) is 17.1 Å². The third-order valence-corrected chi connectivity index (χ3v) is 3.95. The Bertz CT molecular complexity index is 856. The lowest BCUT2D eigenvalue weighted by atomic mass is 10.2. The van der Waals surface area contributed by atoms with Crippen LogP contribution in [0.25, 0.3) is 5.65 Å². The first kappa shape index (κ1) is 15.6. The molecule has 0 atom stereocenters. The van der Waals surface area contributed by atoms with Gasteiger partial charge in [-0.2, -0.15) is 0 Å².